The van der Waals surface area contributed by atoms with Crippen LogP contribution in [0.2, 0.25) is 0 Å². The molecule has 0 aliphatic heterocycles. The molecule has 1 heterocycles. The van der Waals surface area contributed by atoms with Crippen molar-refractivity contribution in [1.82, 2.24) is 4.72 Å². The summed E-state index contributed by atoms with van der Waals surface area (Å²) >= 11 is 0. The molecule has 0 saturated heterocycles. The van der Waals surface area contributed by atoms with Crippen molar-refractivity contribution >= 4 is 10.0 Å². The zero-order valence-electron chi connectivity index (χ0n) is 9.63. The molecule has 1 aromatic carbocycles. The van der Waals surface area contributed by atoms with Crippen molar-refractivity contribution in [3.05, 3.63) is 53.7 Å². The van der Waals surface area contributed by atoms with Crippen LogP contribution in [0.4, 0.5) is 4.39 Å². The molecular formula is C12H9FN2O3S. The number of furan rings is 1. The number of benzene rings is 1. The van der Waals surface area contributed by atoms with Gasteiger partial charge in [-0.15, -0.1) is 0 Å². The second-order valence-electron chi connectivity index (χ2n) is 3.71. The van der Waals surface area contributed by atoms with Gasteiger partial charge >= 0.3 is 0 Å². The molecule has 98 valence electrons. The lowest BCUT2D eigenvalue weighted by Gasteiger charge is -2.06. The summed E-state index contributed by atoms with van der Waals surface area (Å²) < 4.78 is 44.1. The Bertz CT molecular complexity index is 718. The number of hydrogen-bond acceptors (Lipinski definition) is 4. The standard InChI is InChI=1S/C12H9FN2O3S/c13-12-2-1-11(5-10(12)6-14)19(16,17)15-7-9-3-4-18-8-9/h1-5,8,15H,7H2. The summed E-state index contributed by atoms with van der Waals surface area (Å²) in [4.78, 5) is -0.158. The van der Waals surface area contributed by atoms with Crippen LogP contribution in [-0.4, -0.2) is 8.42 Å². The summed E-state index contributed by atoms with van der Waals surface area (Å²) in [5.41, 5.74) is 0.345. The SMILES string of the molecule is N#Cc1cc(S(=O)(=O)NCc2ccoc2)ccc1F. The first kappa shape index (κ1) is 13.3. The highest BCUT2D eigenvalue weighted by Crippen LogP contribution is 2.14. The van der Waals surface area contributed by atoms with Gasteiger partial charge in [0.2, 0.25) is 10.0 Å². The zero-order chi connectivity index (χ0) is 13.9. The van der Waals surface area contributed by atoms with Gasteiger partial charge in [0, 0.05) is 12.1 Å². The van der Waals surface area contributed by atoms with E-state index in [0.717, 1.165) is 18.2 Å². The van der Waals surface area contributed by atoms with E-state index in [1.54, 1.807) is 12.1 Å². The lowest BCUT2D eigenvalue weighted by molar-refractivity contribution is 0.561. The van der Waals surface area contributed by atoms with Crippen molar-refractivity contribution in [2.75, 3.05) is 0 Å². The number of nitrogens with one attached hydrogen (secondary N) is 1. The molecule has 0 radical (unpaired) electrons. The first-order valence-corrected chi connectivity index (χ1v) is 6.71. The maximum atomic E-state index is 13.1. The summed E-state index contributed by atoms with van der Waals surface area (Å²) in [5.74, 6) is -0.753. The summed E-state index contributed by atoms with van der Waals surface area (Å²) in [7, 11) is -3.80. The van der Waals surface area contributed by atoms with Crippen LogP contribution in [0.1, 0.15) is 11.1 Å². The van der Waals surface area contributed by atoms with E-state index in [0.29, 0.717) is 5.56 Å². The fraction of sp³-hybridized carbons (Fsp3) is 0.0833. The molecular weight excluding hydrogens is 271 g/mol. The molecule has 0 aliphatic carbocycles. The van der Waals surface area contributed by atoms with Crippen molar-refractivity contribution in [2.24, 2.45) is 0 Å². The minimum atomic E-state index is -3.80. The van der Waals surface area contributed by atoms with Crippen molar-refractivity contribution < 1.29 is 17.2 Å². The first-order valence-electron chi connectivity index (χ1n) is 5.23. The number of nitrogens with zero attached hydrogens (tertiary/aromatic N) is 1. The smallest absolute Gasteiger partial charge is 0.240 e. The Labute approximate surface area is 109 Å². The minimum Gasteiger partial charge on any atom is -0.472 e. The van der Waals surface area contributed by atoms with Crippen LogP contribution in [-0.2, 0) is 16.6 Å². The Morgan fingerprint density at radius 3 is 2.79 bits per heavy atom. The van der Waals surface area contributed by atoms with Crippen LogP contribution in [0, 0.1) is 17.1 Å². The monoisotopic (exact) mass is 280 g/mol. The van der Waals surface area contributed by atoms with E-state index in [-0.39, 0.29) is 17.0 Å². The number of hydrogen-bond donors (Lipinski definition) is 1. The summed E-state index contributed by atoms with van der Waals surface area (Å²) in [6, 6.07) is 6.26. The summed E-state index contributed by atoms with van der Waals surface area (Å²) in [6.45, 7) is 0.0537. The number of sulfonamides is 1. The number of halogens is 1. The lowest BCUT2D eigenvalue weighted by atomic mass is 10.2. The van der Waals surface area contributed by atoms with Crippen molar-refractivity contribution in [2.45, 2.75) is 11.4 Å². The maximum Gasteiger partial charge on any atom is 0.240 e. The topological polar surface area (TPSA) is 83.1 Å². The van der Waals surface area contributed by atoms with Crippen LogP contribution in [0.25, 0.3) is 0 Å². The Morgan fingerprint density at radius 1 is 1.37 bits per heavy atom. The molecule has 2 rings (SSSR count). The molecule has 2 aromatic rings. The quantitative estimate of drug-likeness (QED) is 0.925. The molecule has 1 N–H and O–H groups in total. The average molecular weight is 280 g/mol. The van der Waals surface area contributed by atoms with Gasteiger partial charge in [0.25, 0.3) is 0 Å². The van der Waals surface area contributed by atoms with Gasteiger partial charge in [-0.2, -0.15) is 5.26 Å². The lowest BCUT2D eigenvalue weighted by Crippen LogP contribution is -2.23. The molecule has 19 heavy (non-hydrogen) atoms. The van der Waals surface area contributed by atoms with Crippen molar-refractivity contribution in [3.63, 3.8) is 0 Å². The fourth-order valence-corrected chi connectivity index (χ4v) is 2.46. The predicted molar refractivity (Wildman–Crippen MR) is 63.8 cm³/mol. The second-order valence-corrected chi connectivity index (χ2v) is 5.48. The maximum absolute atomic E-state index is 13.1. The molecule has 5 nitrogen and oxygen atoms in total. The highest BCUT2D eigenvalue weighted by atomic mass is 32.2. The van der Waals surface area contributed by atoms with E-state index in [9.17, 15) is 12.8 Å². The van der Waals surface area contributed by atoms with E-state index in [1.807, 2.05) is 0 Å². The predicted octanol–water partition coefficient (Wildman–Crippen LogP) is 1.77. The Balaban J connectivity index is 2.22. The summed E-state index contributed by atoms with van der Waals surface area (Å²) in [5, 5.41) is 8.67. The van der Waals surface area contributed by atoms with Gasteiger partial charge in [0.15, 0.2) is 0 Å². The van der Waals surface area contributed by atoms with E-state index < -0.39 is 15.8 Å². The van der Waals surface area contributed by atoms with Gasteiger partial charge in [0.1, 0.15) is 11.9 Å². The van der Waals surface area contributed by atoms with Crippen molar-refractivity contribution in [1.29, 1.82) is 5.26 Å². The van der Waals surface area contributed by atoms with E-state index in [2.05, 4.69) is 4.72 Å². The highest BCUT2D eigenvalue weighted by Gasteiger charge is 2.16. The third-order valence-corrected chi connectivity index (χ3v) is 3.81. The molecule has 0 bridgehead atoms. The van der Waals surface area contributed by atoms with E-state index in [1.165, 1.54) is 12.5 Å². The fourth-order valence-electron chi connectivity index (χ4n) is 1.41. The number of nitriles is 1. The van der Waals surface area contributed by atoms with Gasteiger partial charge in [-0.3, -0.25) is 0 Å². The number of rotatable bonds is 4. The molecule has 0 unspecified atom stereocenters. The highest BCUT2D eigenvalue weighted by molar-refractivity contribution is 7.89. The molecule has 0 spiro atoms. The third-order valence-electron chi connectivity index (χ3n) is 2.41. The molecule has 7 heteroatoms. The van der Waals surface area contributed by atoms with Gasteiger partial charge in [-0.05, 0) is 24.3 Å². The molecule has 0 amide bonds. The van der Waals surface area contributed by atoms with Gasteiger partial charge in [-0.25, -0.2) is 17.5 Å². The molecule has 0 fully saturated rings. The van der Waals surface area contributed by atoms with E-state index in [4.69, 9.17) is 9.68 Å². The van der Waals surface area contributed by atoms with Crippen LogP contribution in [0.5, 0.6) is 0 Å². The van der Waals surface area contributed by atoms with Crippen LogP contribution >= 0.6 is 0 Å². The third kappa shape index (κ3) is 2.99. The van der Waals surface area contributed by atoms with Gasteiger partial charge in [-0.1, -0.05) is 0 Å². The molecule has 0 aliphatic rings. The minimum absolute atomic E-state index is 0.0537. The zero-order valence-corrected chi connectivity index (χ0v) is 10.4. The van der Waals surface area contributed by atoms with Crippen LogP contribution in [0.15, 0.2) is 46.1 Å². The first-order chi connectivity index (χ1) is 9.03. The van der Waals surface area contributed by atoms with Crippen LogP contribution in [0.3, 0.4) is 0 Å². The summed E-state index contributed by atoms with van der Waals surface area (Å²) in [6.07, 6.45) is 2.84. The normalized spacial score (nSPS) is 11.2. The van der Waals surface area contributed by atoms with E-state index >= 15 is 0 Å². The van der Waals surface area contributed by atoms with Gasteiger partial charge < -0.3 is 4.42 Å². The van der Waals surface area contributed by atoms with Crippen LogP contribution < -0.4 is 4.72 Å². The largest absolute Gasteiger partial charge is 0.472 e. The molecule has 0 atom stereocenters. The van der Waals surface area contributed by atoms with Gasteiger partial charge in [0.05, 0.1) is 23.0 Å². The second kappa shape index (κ2) is 5.22. The Kier molecular flexibility index (Phi) is 3.64. The van der Waals surface area contributed by atoms with Crippen molar-refractivity contribution in [3.8, 4) is 6.07 Å². The Hall–Kier alpha value is -2.17. The molecule has 1 aromatic heterocycles. The Morgan fingerprint density at radius 2 is 2.16 bits per heavy atom. The average Bonchev–Trinajstić information content (AvgIpc) is 2.90. The molecule has 0 saturated carbocycles.